The van der Waals surface area contributed by atoms with Crippen LogP contribution >= 0.6 is 15.9 Å². The minimum Gasteiger partial charge on any atom is -0.496 e. The van der Waals surface area contributed by atoms with Crippen molar-refractivity contribution in [2.75, 3.05) is 14.2 Å². The van der Waals surface area contributed by atoms with Gasteiger partial charge in [0.15, 0.2) is 0 Å². The molecule has 0 aliphatic rings. The Morgan fingerprint density at radius 2 is 1.84 bits per heavy atom. The maximum absolute atomic E-state index is 11.9. The number of nitrogens with one attached hydrogen (secondary N) is 2. The Kier molecular flexibility index (Phi) is 5.34. The van der Waals surface area contributed by atoms with Gasteiger partial charge in [0.1, 0.15) is 11.8 Å². The van der Waals surface area contributed by atoms with Crippen molar-refractivity contribution in [2.45, 2.75) is 26.8 Å². The van der Waals surface area contributed by atoms with Crippen molar-refractivity contribution >= 4 is 21.8 Å². The SMILES string of the molecule is CNNC(=O)C(N)c1c(C)c(Br)c(C)c(C)c1OC. The molecule has 6 heteroatoms. The Hall–Kier alpha value is -1.11. The zero-order valence-electron chi connectivity index (χ0n) is 11.8. The van der Waals surface area contributed by atoms with E-state index in [1.807, 2.05) is 20.8 Å². The molecule has 0 heterocycles. The number of hydrazine groups is 1. The van der Waals surface area contributed by atoms with Gasteiger partial charge in [0.05, 0.1) is 7.11 Å². The second-order valence-electron chi connectivity index (χ2n) is 4.35. The molecule has 5 nitrogen and oxygen atoms in total. The topological polar surface area (TPSA) is 76.4 Å². The summed E-state index contributed by atoms with van der Waals surface area (Å²) in [5, 5.41) is 0. The smallest absolute Gasteiger partial charge is 0.255 e. The Bertz CT molecular complexity index is 503. The second-order valence-corrected chi connectivity index (χ2v) is 5.15. The highest BCUT2D eigenvalue weighted by atomic mass is 79.9. The molecule has 1 atom stereocenters. The number of hydrogen-bond donors (Lipinski definition) is 3. The highest BCUT2D eigenvalue weighted by molar-refractivity contribution is 9.10. The van der Waals surface area contributed by atoms with Crippen molar-refractivity contribution in [3.8, 4) is 5.75 Å². The van der Waals surface area contributed by atoms with E-state index < -0.39 is 6.04 Å². The van der Waals surface area contributed by atoms with Crippen LogP contribution in [0.2, 0.25) is 0 Å². The molecule has 0 saturated carbocycles. The van der Waals surface area contributed by atoms with Crippen LogP contribution in [0, 0.1) is 20.8 Å². The molecule has 0 aliphatic carbocycles. The summed E-state index contributed by atoms with van der Waals surface area (Å²) in [7, 11) is 3.20. The van der Waals surface area contributed by atoms with E-state index in [-0.39, 0.29) is 5.91 Å². The van der Waals surface area contributed by atoms with E-state index in [9.17, 15) is 4.79 Å². The highest BCUT2D eigenvalue weighted by Gasteiger charge is 2.25. The molecule has 0 radical (unpaired) electrons. The summed E-state index contributed by atoms with van der Waals surface area (Å²) < 4.78 is 6.39. The summed E-state index contributed by atoms with van der Waals surface area (Å²) in [6, 6.07) is -0.794. The number of halogens is 1. The number of carbonyl (C=O) groups excluding carboxylic acids is 1. The van der Waals surface area contributed by atoms with Crippen LogP contribution in [0.3, 0.4) is 0 Å². The molecule has 1 unspecified atom stereocenters. The lowest BCUT2D eigenvalue weighted by atomic mass is 9.94. The van der Waals surface area contributed by atoms with Gasteiger partial charge in [-0.3, -0.25) is 10.2 Å². The molecule has 1 aromatic carbocycles. The first-order valence-electron chi connectivity index (χ1n) is 5.92. The van der Waals surface area contributed by atoms with Crippen molar-refractivity contribution in [1.29, 1.82) is 0 Å². The lowest BCUT2D eigenvalue weighted by Crippen LogP contribution is -2.41. The van der Waals surface area contributed by atoms with Crippen LogP contribution in [0.5, 0.6) is 5.75 Å². The van der Waals surface area contributed by atoms with Gasteiger partial charge in [-0.05, 0) is 37.5 Å². The van der Waals surface area contributed by atoms with Crippen LogP contribution in [-0.2, 0) is 4.79 Å². The fourth-order valence-electron chi connectivity index (χ4n) is 2.08. The van der Waals surface area contributed by atoms with Gasteiger partial charge < -0.3 is 10.5 Å². The molecule has 0 aliphatic heterocycles. The van der Waals surface area contributed by atoms with Crippen LogP contribution in [-0.4, -0.2) is 20.1 Å². The average Bonchev–Trinajstić information content (AvgIpc) is 2.39. The van der Waals surface area contributed by atoms with Gasteiger partial charge in [-0.1, -0.05) is 15.9 Å². The predicted octanol–water partition coefficient (Wildman–Crippen LogP) is 1.63. The fourth-order valence-corrected chi connectivity index (χ4v) is 2.59. The number of benzene rings is 1. The van der Waals surface area contributed by atoms with E-state index in [1.165, 1.54) is 0 Å². The molecule has 0 bridgehead atoms. The standard InChI is InChI=1S/C13H20BrN3O2/c1-6-7(2)12(19-5)9(8(3)10(6)14)11(15)13(18)17-16-4/h11,16H,15H2,1-5H3,(H,17,18). The highest BCUT2D eigenvalue weighted by Crippen LogP contribution is 2.38. The summed E-state index contributed by atoms with van der Waals surface area (Å²) in [4.78, 5) is 11.9. The molecular weight excluding hydrogens is 310 g/mol. The first kappa shape index (κ1) is 15.9. The van der Waals surface area contributed by atoms with Gasteiger partial charge in [-0.25, -0.2) is 5.43 Å². The number of methoxy groups -OCH3 is 1. The Morgan fingerprint density at radius 1 is 1.26 bits per heavy atom. The van der Waals surface area contributed by atoms with Gasteiger partial charge >= 0.3 is 0 Å². The third-order valence-electron chi connectivity index (χ3n) is 3.26. The van der Waals surface area contributed by atoms with Gasteiger partial charge in [-0.15, -0.1) is 0 Å². The van der Waals surface area contributed by atoms with Crippen molar-refractivity contribution in [3.63, 3.8) is 0 Å². The molecule has 0 aromatic heterocycles. The zero-order chi connectivity index (χ0) is 14.7. The number of amides is 1. The Balaban J connectivity index is 3.45. The lowest BCUT2D eigenvalue weighted by Gasteiger charge is -2.22. The third kappa shape index (κ3) is 2.91. The van der Waals surface area contributed by atoms with E-state index in [4.69, 9.17) is 10.5 Å². The van der Waals surface area contributed by atoms with Crippen LogP contribution in [0.25, 0.3) is 0 Å². The number of nitrogens with two attached hydrogens (primary N) is 1. The molecule has 4 N–H and O–H groups in total. The second kappa shape index (κ2) is 6.36. The lowest BCUT2D eigenvalue weighted by molar-refractivity contribution is -0.123. The number of ether oxygens (including phenoxy) is 1. The first-order valence-corrected chi connectivity index (χ1v) is 6.71. The molecule has 0 spiro atoms. The largest absolute Gasteiger partial charge is 0.496 e. The summed E-state index contributed by atoms with van der Waals surface area (Å²) in [5.74, 6) is 0.357. The van der Waals surface area contributed by atoms with Gasteiger partial charge in [-0.2, -0.15) is 0 Å². The molecule has 1 amide bonds. The Labute approximate surface area is 122 Å². The van der Waals surface area contributed by atoms with E-state index in [1.54, 1.807) is 14.2 Å². The number of rotatable bonds is 4. The molecular formula is C13H20BrN3O2. The fraction of sp³-hybridized carbons (Fsp3) is 0.462. The summed E-state index contributed by atoms with van der Waals surface area (Å²) in [6.45, 7) is 5.86. The number of hydrogen-bond acceptors (Lipinski definition) is 4. The summed E-state index contributed by atoms with van der Waals surface area (Å²) in [5.41, 5.74) is 14.8. The van der Waals surface area contributed by atoms with Gasteiger partial charge in [0, 0.05) is 17.1 Å². The predicted molar refractivity (Wildman–Crippen MR) is 79.0 cm³/mol. The van der Waals surface area contributed by atoms with Crippen LogP contribution in [0.1, 0.15) is 28.3 Å². The van der Waals surface area contributed by atoms with E-state index in [2.05, 4.69) is 26.8 Å². The zero-order valence-corrected chi connectivity index (χ0v) is 13.4. The summed E-state index contributed by atoms with van der Waals surface area (Å²) in [6.07, 6.45) is 0. The first-order chi connectivity index (χ1) is 8.86. The van der Waals surface area contributed by atoms with Crippen LogP contribution in [0.15, 0.2) is 4.47 Å². The molecule has 19 heavy (non-hydrogen) atoms. The van der Waals surface area contributed by atoms with E-state index in [0.29, 0.717) is 11.3 Å². The number of carbonyl (C=O) groups is 1. The quantitative estimate of drug-likeness (QED) is 0.734. The molecule has 1 aromatic rings. The monoisotopic (exact) mass is 329 g/mol. The van der Waals surface area contributed by atoms with E-state index >= 15 is 0 Å². The average molecular weight is 330 g/mol. The minimum absolute atomic E-state index is 0.306. The molecule has 0 fully saturated rings. The van der Waals surface area contributed by atoms with Crippen LogP contribution in [0.4, 0.5) is 0 Å². The normalized spacial score (nSPS) is 12.2. The van der Waals surface area contributed by atoms with Crippen molar-refractivity contribution < 1.29 is 9.53 Å². The van der Waals surface area contributed by atoms with Crippen molar-refractivity contribution in [1.82, 2.24) is 10.9 Å². The van der Waals surface area contributed by atoms with Gasteiger partial charge in [0.2, 0.25) is 0 Å². The Morgan fingerprint density at radius 3 is 2.32 bits per heavy atom. The molecule has 0 saturated heterocycles. The maximum atomic E-state index is 11.9. The van der Waals surface area contributed by atoms with Crippen molar-refractivity contribution in [2.24, 2.45) is 5.73 Å². The van der Waals surface area contributed by atoms with Crippen molar-refractivity contribution in [3.05, 3.63) is 26.7 Å². The third-order valence-corrected chi connectivity index (χ3v) is 4.45. The molecule has 106 valence electrons. The van der Waals surface area contributed by atoms with Gasteiger partial charge in [0.25, 0.3) is 5.91 Å². The van der Waals surface area contributed by atoms with E-state index in [0.717, 1.165) is 21.2 Å². The molecule has 1 rings (SSSR count). The minimum atomic E-state index is -0.794. The summed E-state index contributed by atoms with van der Waals surface area (Å²) >= 11 is 3.54. The van der Waals surface area contributed by atoms with Crippen LogP contribution < -0.4 is 21.3 Å². The maximum Gasteiger partial charge on any atom is 0.255 e.